The molecule has 0 radical (unpaired) electrons. The van der Waals surface area contributed by atoms with Crippen LogP contribution in [0.2, 0.25) is 0 Å². The van der Waals surface area contributed by atoms with E-state index in [2.05, 4.69) is 60.7 Å². The van der Waals surface area contributed by atoms with Gasteiger partial charge in [-0.2, -0.15) is 0 Å². The lowest BCUT2D eigenvalue weighted by atomic mass is 10.1. The fraction of sp³-hybridized carbons (Fsp3) is 0. The largest absolute Gasteiger partial charge is 0.134 e. The molecule has 0 nitrogen and oxygen atoms in total. The van der Waals surface area contributed by atoms with Gasteiger partial charge in [-0.25, -0.2) is 0 Å². The molecule has 0 fully saturated rings. The van der Waals surface area contributed by atoms with Gasteiger partial charge >= 0.3 is 0 Å². The molecular weight excluding hydrogens is 280 g/mol. The Hall–Kier alpha value is -1.90. The summed E-state index contributed by atoms with van der Waals surface area (Å²) in [5.41, 5.74) is 0. The predicted molar refractivity (Wildman–Crippen MR) is 92.2 cm³/mol. The summed E-state index contributed by atoms with van der Waals surface area (Å²) in [4.78, 5) is 0. The standard InChI is InChI=1S/C18H10S2/c1-2-6-12-11(5-1)9-10-15-16(12)18-17(20-15)13-7-3-4-8-14(13)19-18/h1-10H. The van der Waals surface area contributed by atoms with Gasteiger partial charge in [0.1, 0.15) is 0 Å². The van der Waals surface area contributed by atoms with Gasteiger partial charge in [-0.1, -0.05) is 48.5 Å². The monoisotopic (exact) mass is 290 g/mol. The summed E-state index contributed by atoms with van der Waals surface area (Å²) >= 11 is 3.85. The van der Waals surface area contributed by atoms with Gasteiger partial charge in [0.25, 0.3) is 0 Å². The van der Waals surface area contributed by atoms with Crippen LogP contribution >= 0.6 is 22.7 Å². The molecular formula is C18H10S2. The summed E-state index contributed by atoms with van der Waals surface area (Å²) in [7, 11) is 0. The van der Waals surface area contributed by atoms with Gasteiger partial charge in [0.2, 0.25) is 0 Å². The van der Waals surface area contributed by atoms with Crippen LogP contribution in [-0.2, 0) is 0 Å². The van der Waals surface area contributed by atoms with Gasteiger partial charge in [0.05, 0.1) is 9.40 Å². The summed E-state index contributed by atoms with van der Waals surface area (Å²) in [6.07, 6.45) is 0. The quantitative estimate of drug-likeness (QED) is 0.308. The van der Waals surface area contributed by atoms with Crippen LogP contribution in [0.5, 0.6) is 0 Å². The molecule has 0 N–H and O–H groups in total. The van der Waals surface area contributed by atoms with Crippen molar-refractivity contribution < 1.29 is 0 Å². The van der Waals surface area contributed by atoms with Crippen molar-refractivity contribution in [2.75, 3.05) is 0 Å². The first kappa shape index (κ1) is 10.8. The van der Waals surface area contributed by atoms with Gasteiger partial charge in [-0.15, -0.1) is 22.7 Å². The first-order chi connectivity index (χ1) is 9.92. The number of fused-ring (bicyclic) bond motifs is 7. The van der Waals surface area contributed by atoms with Gasteiger partial charge in [0, 0.05) is 20.2 Å². The number of hydrogen-bond acceptors (Lipinski definition) is 2. The summed E-state index contributed by atoms with van der Waals surface area (Å²) in [5.74, 6) is 0. The Morgan fingerprint density at radius 3 is 2.25 bits per heavy atom. The second-order valence-corrected chi connectivity index (χ2v) is 7.12. The highest BCUT2D eigenvalue weighted by Crippen LogP contribution is 2.46. The molecule has 0 unspecified atom stereocenters. The van der Waals surface area contributed by atoms with Crippen LogP contribution in [-0.4, -0.2) is 0 Å². The lowest BCUT2D eigenvalue weighted by molar-refractivity contribution is 1.82. The Morgan fingerprint density at radius 2 is 1.30 bits per heavy atom. The minimum Gasteiger partial charge on any atom is -0.134 e. The van der Waals surface area contributed by atoms with Crippen molar-refractivity contribution in [2.24, 2.45) is 0 Å². The minimum absolute atomic E-state index is 1.33. The molecule has 0 atom stereocenters. The number of benzene rings is 3. The minimum atomic E-state index is 1.33. The summed E-state index contributed by atoms with van der Waals surface area (Å²) < 4.78 is 5.68. The lowest BCUT2D eigenvalue weighted by Gasteiger charge is -1.98. The Kier molecular flexibility index (Phi) is 2.07. The van der Waals surface area contributed by atoms with Crippen LogP contribution in [0.4, 0.5) is 0 Å². The van der Waals surface area contributed by atoms with Crippen LogP contribution in [0.15, 0.2) is 60.7 Å². The topological polar surface area (TPSA) is 0 Å². The van der Waals surface area contributed by atoms with Gasteiger partial charge < -0.3 is 0 Å². The van der Waals surface area contributed by atoms with E-state index in [9.17, 15) is 0 Å². The van der Waals surface area contributed by atoms with Crippen molar-refractivity contribution >= 4 is 63.0 Å². The molecule has 0 aliphatic carbocycles. The van der Waals surface area contributed by atoms with E-state index in [1.54, 1.807) is 0 Å². The summed E-state index contributed by atoms with van der Waals surface area (Å²) in [5, 5.41) is 5.54. The van der Waals surface area contributed by atoms with Crippen molar-refractivity contribution in [3.63, 3.8) is 0 Å². The third-order valence-corrected chi connectivity index (χ3v) is 6.39. The predicted octanol–water partition coefficient (Wildman–Crippen LogP) is 6.42. The Balaban J connectivity index is 2.13. The first-order valence-electron chi connectivity index (χ1n) is 6.63. The van der Waals surface area contributed by atoms with Crippen molar-refractivity contribution in [3.05, 3.63) is 60.7 Å². The highest BCUT2D eigenvalue weighted by molar-refractivity contribution is 7.36. The smallest absolute Gasteiger partial charge is 0.0548 e. The van der Waals surface area contributed by atoms with Crippen LogP contribution in [0.1, 0.15) is 0 Å². The Labute approximate surface area is 123 Å². The van der Waals surface area contributed by atoms with Gasteiger partial charge in [-0.3, -0.25) is 0 Å². The third kappa shape index (κ3) is 1.30. The number of rotatable bonds is 0. The van der Waals surface area contributed by atoms with Crippen LogP contribution in [0, 0.1) is 0 Å². The highest BCUT2D eigenvalue weighted by atomic mass is 32.1. The summed E-state index contributed by atoms with van der Waals surface area (Å²) in [6.45, 7) is 0. The third-order valence-electron chi connectivity index (χ3n) is 3.88. The zero-order valence-corrected chi connectivity index (χ0v) is 12.2. The molecule has 5 aromatic rings. The van der Waals surface area contributed by atoms with Gasteiger partial charge in [-0.05, 0) is 22.9 Å². The zero-order chi connectivity index (χ0) is 13.1. The lowest BCUT2D eigenvalue weighted by Crippen LogP contribution is -1.71. The molecule has 3 aromatic carbocycles. The Morgan fingerprint density at radius 1 is 0.550 bits per heavy atom. The average Bonchev–Trinajstić information content (AvgIpc) is 3.03. The normalized spacial score (nSPS) is 12.0. The van der Waals surface area contributed by atoms with E-state index in [0.29, 0.717) is 0 Å². The van der Waals surface area contributed by atoms with Crippen molar-refractivity contribution in [1.29, 1.82) is 0 Å². The fourth-order valence-corrected chi connectivity index (χ4v) is 5.67. The van der Waals surface area contributed by atoms with Gasteiger partial charge in [0.15, 0.2) is 0 Å². The Bertz CT molecular complexity index is 1100. The fourth-order valence-electron chi connectivity index (χ4n) is 2.97. The van der Waals surface area contributed by atoms with E-state index >= 15 is 0 Å². The van der Waals surface area contributed by atoms with E-state index in [0.717, 1.165) is 0 Å². The van der Waals surface area contributed by atoms with Crippen LogP contribution in [0.3, 0.4) is 0 Å². The van der Waals surface area contributed by atoms with Crippen molar-refractivity contribution in [3.8, 4) is 0 Å². The molecule has 94 valence electrons. The molecule has 0 aliphatic rings. The maximum atomic E-state index is 2.27. The van der Waals surface area contributed by atoms with Crippen LogP contribution < -0.4 is 0 Å². The summed E-state index contributed by atoms with van der Waals surface area (Å²) in [6, 6.07) is 21.9. The number of hydrogen-bond donors (Lipinski definition) is 0. The molecule has 2 heterocycles. The average molecular weight is 290 g/mol. The molecule has 2 aromatic heterocycles. The zero-order valence-electron chi connectivity index (χ0n) is 10.6. The molecule has 0 saturated heterocycles. The second-order valence-electron chi connectivity index (χ2n) is 5.02. The molecule has 0 aliphatic heterocycles. The van der Waals surface area contributed by atoms with E-state index in [-0.39, 0.29) is 0 Å². The van der Waals surface area contributed by atoms with Crippen molar-refractivity contribution in [1.82, 2.24) is 0 Å². The molecule has 2 heteroatoms. The van der Waals surface area contributed by atoms with E-state index in [1.165, 1.54) is 40.3 Å². The molecule has 0 amide bonds. The molecule has 0 bridgehead atoms. The van der Waals surface area contributed by atoms with Crippen molar-refractivity contribution in [2.45, 2.75) is 0 Å². The molecule has 20 heavy (non-hydrogen) atoms. The molecule has 0 saturated carbocycles. The first-order valence-corrected chi connectivity index (χ1v) is 8.26. The van der Waals surface area contributed by atoms with Crippen LogP contribution in [0.25, 0.3) is 40.3 Å². The van der Waals surface area contributed by atoms with E-state index in [4.69, 9.17) is 0 Å². The number of thiophene rings is 2. The molecule has 0 spiro atoms. The molecule has 5 rings (SSSR count). The maximum absolute atomic E-state index is 2.27. The van der Waals surface area contributed by atoms with E-state index in [1.807, 2.05) is 22.7 Å². The highest BCUT2D eigenvalue weighted by Gasteiger charge is 2.13. The second kappa shape index (κ2) is 3.81. The maximum Gasteiger partial charge on any atom is 0.0548 e. The SMILES string of the molecule is c1ccc2c(c1)ccc1sc3c4ccccc4sc3c12. The van der Waals surface area contributed by atoms with E-state index < -0.39 is 0 Å².